The number of benzene rings is 1. The summed E-state index contributed by atoms with van der Waals surface area (Å²) < 4.78 is 15.5. The van der Waals surface area contributed by atoms with E-state index in [1.165, 1.54) is 0 Å². The predicted octanol–water partition coefficient (Wildman–Crippen LogP) is 1.94. The molecule has 0 spiro atoms. The van der Waals surface area contributed by atoms with E-state index in [2.05, 4.69) is 18.1 Å². The molecule has 10 heteroatoms. The quantitative estimate of drug-likeness (QED) is 0.543. The first-order valence-corrected chi connectivity index (χ1v) is 13.2. The summed E-state index contributed by atoms with van der Waals surface area (Å²) in [7, 11) is 3.45. The van der Waals surface area contributed by atoms with Gasteiger partial charge in [0.25, 0.3) is 0 Å². The summed E-state index contributed by atoms with van der Waals surface area (Å²) in [6, 6.07) is 5.90. The number of ketones is 1. The molecular weight excluding hydrogens is 535 g/mol. The molecule has 1 saturated heterocycles. The Morgan fingerprint density at radius 3 is 3.06 bits per heavy atom. The molecular formula is C23H27IN6O3. The summed E-state index contributed by atoms with van der Waals surface area (Å²) in [5.41, 5.74) is 2.43. The fourth-order valence-corrected chi connectivity index (χ4v) is 6.16. The summed E-state index contributed by atoms with van der Waals surface area (Å²) in [6.45, 7) is 1.47. The van der Waals surface area contributed by atoms with Crippen molar-refractivity contribution in [3.63, 3.8) is 0 Å². The third-order valence-corrected chi connectivity index (χ3v) is 7.94. The Labute approximate surface area is 202 Å². The van der Waals surface area contributed by atoms with Crippen molar-refractivity contribution in [3.05, 3.63) is 46.5 Å². The number of carbonyl (C=O) groups is 2. The van der Waals surface area contributed by atoms with Gasteiger partial charge in [-0.2, -0.15) is 6.35 Å². The molecule has 1 aromatic carbocycles. The maximum Gasteiger partial charge on any atom is 0.222 e. The normalized spacial score (nSPS) is 21.7. The standard InChI is InChI=1S/C23H27IN6O3/c1-29(2)19(31)11-14-8-9-16-17(21(14)32)6-3-7-18(16)33-12-15-5-4-10-30(15)23-20-22(26-13-25-20)27-24-28-23/h3,6-7,13-15H,4-5,8-12H2,1-2H3,(H,25,26,27,28)/t14?,15-/m1/s1. The Hall–Kier alpha value is -2.63. The number of nitrogens with one attached hydrogen (secondary N) is 1. The first-order chi connectivity index (χ1) is 16.0. The van der Waals surface area contributed by atoms with Crippen LogP contribution in [-0.4, -0.2) is 64.7 Å². The monoisotopic (exact) mass is 562 g/mol. The van der Waals surface area contributed by atoms with E-state index in [1.54, 1.807) is 25.3 Å². The van der Waals surface area contributed by atoms with Crippen LogP contribution in [0.4, 0.5) is 0 Å². The highest BCUT2D eigenvalue weighted by Gasteiger charge is 2.32. The molecule has 1 amide bonds. The highest BCUT2D eigenvalue weighted by molar-refractivity contribution is 14.1. The van der Waals surface area contributed by atoms with Crippen molar-refractivity contribution in [1.29, 1.82) is 0 Å². The lowest BCUT2D eigenvalue weighted by Crippen LogP contribution is -2.39. The zero-order valence-corrected chi connectivity index (χ0v) is 20.9. The highest BCUT2D eigenvalue weighted by atomic mass is 127. The number of H-pyrrole nitrogens is 1. The summed E-state index contributed by atoms with van der Waals surface area (Å²) in [5, 5.41) is 0.897. The smallest absolute Gasteiger partial charge is 0.222 e. The number of Topliss-reactive ketones (excluding diaryl/α,β-unsaturated/α-hetero) is 1. The third kappa shape index (κ3) is 4.32. The van der Waals surface area contributed by atoms with E-state index < -0.39 is 21.3 Å². The molecule has 2 aliphatic heterocycles. The minimum atomic E-state index is -0.625. The van der Waals surface area contributed by atoms with Crippen molar-refractivity contribution in [2.45, 2.75) is 38.1 Å². The van der Waals surface area contributed by atoms with E-state index in [4.69, 9.17) is 7.88 Å². The van der Waals surface area contributed by atoms with E-state index >= 15 is 0 Å². The van der Waals surface area contributed by atoms with Crippen LogP contribution in [0.2, 0.25) is 0 Å². The number of likely N-dealkylation sites (tertiary alicyclic amines) is 1. The zero-order valence-electron chi connectivity index (χ0n) is 18.8. The van der Waals surface area contributed by atoms with Gasteiger partial charge in [0.05, 0.1) is 12.4 Å². The number of nitrogens with zero attached hydrogens (tertiary/aromatic N) is 5. The molecule has 5 rings (SSSR count). The van der Waals surface area contributed by atoms with Crippen LogP contribution in [0.25, 0.3) is 5.82 Å². The average Bonchev–Trinajstić information content (AvgIpc) is 3.48. The number of aromatic amines is 1. The lowest BCUT2D eigenvalue weighted by molar-refractivity contribution is -0.129. The largest absolute Gasteiger partial charge is 0.491 e. The predicted molar refractivity (Wildman–Crippen MR) is 130 cm³/mol. The molecule has 33 heavy (non-hydrogen) atoms. The topological polar surface area (TPSA) is 103 Å². The van der Waals surface area contributed by atoms with Gasteiger partial charge in [-0.25, -0.2) is 4.98 Å². The van der Waals surface area contributed by atoms with Gasteiger partial charge in [0, 0.05) is 44.1 Å². The number of halogens is 1. The molecule has 0 bridgehead atoms. The number of imidazole rings is 1. The van der Waals surface area contributed by atoms with E-state index in [1.807, 2.05) is 18.2 Å². The minimum absolute atomic E-state index is 0.00759. The number of amides is 1. The highest BCUT2D eigenvalue weighted by Crippen LogP contribution is 2.34. The molecule has 1 unspecified atom stereocenters. The number of carbonyl (C=O) groups excluding carboxylic acids is 2. The number of hydrogen-bond acceptors (Lipinski definition) is 7. The van der Waals surface area contributed by atoms with Crippen molar-refractivity contribution < 1.29 is 14.3 Å². The van der Waals surface area contributed by atoms with Gasteiger partial charge in [0.2, 0.25) is 5.91 Å². The molecule has 174 valence electrons. The average molecular weight is 562 g/mol. The Morgan fingerprint density at radius 2 is 2.21 bits per heavy atom. The zero-order chi connectivity index (χ0) is 22.9. The summed E-state index contributed by atoms with van der Waals surface area (Å²) in [4.78, 5) is 36.5. The molecule has 1 aromatic heterocycles. The van der Waals surface area contributed by atoms with Crippen LogP contribution in [0.3, 0.4) is 0 Å². The van der Waals surface area contributed by atoms with Crippen LogP contribution < -0.4 is 15.6 Å². The van der Waals surface area contributed by atoms with Gasteiger partial charge in [0.1, 0.15) is 39.0 Å². The summed E-state index contributed by atoms with van der Waals surface area (Å²) in [6.07, 6.45) is 5.47. The summed E-state index contributed by atoms with van der Waals surface area (Å²) >= 11 is -0.625. The van der Waals surface area contributed by atoms with Crippen LogP contribution in [0, 0.1) is 5.92 Å². The SMILES string of the molecule is CN(C)C(=O)CC1CCc2c(OC[C@H]3CCCN3C3=c4[nH]cnc4=NI=N3)cccc2C1=O. The van der Waals surface area contributed by atoms with E-state index in [0.717, 1.165) is 53.8 Å². The van der Waals surface area contributed by atoms with E-state index in [0.29, 0.717) is 18.6 Å². The maximum absolute atomic E-state index is 13.1. The molecule has 9 nitrogen and oxygen atoms in total. The fourth-order valence-electron chi connectivity index (χ4n) is 4.76. The molecule has 1 fully saturated rings. The van der Waals surface area contributed by atoms with Crippen LogP contribution in [0.15, 0.2) is 30.9 Å². The Kier molecular flexibility index (Phi) is 6.26. The van der Waals surface area contributed by atoms with Crippen molar-refractivity contribution in [3.8, 4) is 5.75 Å². The minimum Gasteiger partial charge on any atom is -0.491 e. The van der Waals surface area contributed by atoms with Gasteiger partial charge in [0.15, 0.2) is 17.1 Å². The van der Waals surface area contributed by atoms with Gasteiger partial charge in [-0.1, -0.05) is 12.1 Å². The molecule has 1 aliphatic carbocycles. The van der Waals surface area contributed by atoms with Gasteiger partial charge in [-0.3, -0.25) is 9.59 Å². The number of hydrogen-bond donors (Lipinski definition) is 1. The van der Waals surface area contributed by atoms with Crippen molar-refractivity contribution >= 4 is 38.8 Å². The lowest BCUT2D eigenvalue weighted by atomic mass is 9.80. The second-order valence-corrected chi connectivity index (χ2v) is 10.2. The fraction of sp³-hybridized carbons (Fsp3) is 0.478. The molecule has 3 aliphatic rings. The van der Waals surface area contributed by atoms with Gasteiger partial charge >= 0.3 is 0 Å². The van der Waals surface area contributed by atoms with Crippen molar-refractivity contribution in [2.24, 2.45) is 12.3 Å². The van der Waals surface area contributed by atoms with Crippen LogP contribution in [-0.2, 0) is 11.2 Å². The van der Waals surface area contributed by atoms with Crippen LogP contribution in [0.5, 0.6) is 5.75 Å². The van der Waals surface area contributed by atoms with Gasteiger partial charge < -0.3 is 19.5 Å². The van der Waals surface area contributed by atoms with E-state index in [9.17, 15) is 9.59 Å². The number of rotatable bonds is 6. The second-order valence-electron chi connectivity index (χ2n) is 8.84. The second kappa shape index (κ2) is 9.32. The maximum atomic E-state index is 13.1. The first-order valence-electron chi connectivity index (χ1n) is 11.2. The molecule has 2 aromatic rings. The Bertz CT molecular complexity index is 1240. The Balaban J connectivity index is 1.32. The van der Waals surface area contributed by atoms with Gasteiger partial charge in [-0.05, 0) is 31.7 Å². The number of fused-ring (bicyclic) bond motifs is 2. The number of aromatic nitrogens is 2. The summed E-state index contributed by atoms with van der Waals surface area (Å²) in [5.74, 6) is 1.52. The number of ether oxygens (including phenoxy) is 1. The van der Waals surface area contributed by atoms with Crippen molar-refractivity contribution in [2.75, 3.05) is 27.2 Å². The van der Waals surface area contributed by atoms with Crippen LogP contribution >= 0.6 is 21.3 Å². The van der Waals surface area contributed by atoms with Gasteiger partial charge in [-0.15, -0.1) is 0 Å². The molecule has 0 radical (unpaired) electrons. The Morgan fingerprint density at radius 1 is 1.33 bits per heavy atom. The molecule has 1 N–H and O–H groups in total. The van der Waals surface area contributed by atoms with Crippen molar-refractivity contribution in [1.82, 2.24) is 19.8 Å². The third-order valence-electron chi connectivity index (χ3n) is 6.59. The first kappa shape index (κ1) is 22.2. The van der Waals surface area contributed by atoms with E-state index in [-0.39, 0.29) is 30.1 Å². The molecule has 3 heterocycles. The molecule has 2 atom stereocenters. The van der Waals surface area contributed by atoms with Crippen LogP contribution in [0.1, 0.15) is 41.6 Å². The lowest BCUT2D eigenvalue weighted by Gasteiger charge is -2.28. The molecule has 0 saturated carbocycles.